The Labute approximate surface area is 93.3 Å². The van der Waals surface area contributed by atoms with E-state index < -0.39 is 18.0 Å². The lowest BCUT2D eigenvalue weighted by Gasteiger charge is -2.06. The van der Waals surface area contributed by atoms with Crippen LogP contribution in [0.4, 0.5) is 13.2 Å². The highest BCUT2D eigenvalue weighted by atomic mass is 19.4. The van der Waals surface area contributed by atoms with Crippen LogP contribution in [0.25, 0.3) is 5.52 Å². The molecule has 0 aliphatic rings. The van der Waals surface area contributed by atoms with E-state index in [0.717, 1.165) is 16.8 Å². The van der Waals surface area contributed by atoms with E-state index in [-0.39, 0.29) is 17.5 Å². The van der Waals surface area contributed by atoms with Gasteiger partial charge in [-0.3, -0.25) is 9.20 Å². The number of carboxylic acid groups (broad SMARTS) is 1. The van der Waals surface area contributed by atoms with Crippen LogP contribution in [0.3, 0.4) is 0 Å². The summed E-state index contributed by atoms with van der Waals surface area (Å²) in [6, 6.07) is 2.87. The monoisotopic (exact) mass is 244 g/mol. The van der Waals surface area contributed by atoms with Crippen molar-refractivity contribution in [1.82, 2.24) is 9.38 Å². The largest absolute Gasteiger partial charge is 0.481 e. The molecule has 4 nitrogen and oxygen atoms in total. The zero-order valence-corrected chi connectivity index (χ0v) is 8.40. The Hall–Kier alpha value is -2.05. The van der Waals surface area contributed by atoms with Crippen LogP contribution in [-0.4, -0.2) is 20.5 Å². The SMILES string of the molecule is O=C(O)Cc1ccc2cnc(C(F)(F)F)n2c1. The number of alkyl halides is 3. The lowest BCUT2D eigenvalue weighted by Crippen LogP contribution is -2.11. The van der Waals surface area contributed by atoms with Crippen molar-refractivity contribution >= 4 is 11.5 Å². The van der Waals surface area contributed by atoms with Gasteiger partial charge in [0.2, 0.25) is 5.82 Å². The molecule has 0 bridgehead atoms. The summed E-state index contributed by atoms with van der Waals surface area (Å²) < 4.78 is 38.5. The topological polar surface area (TPSA) is 54.6 Å². The quantitative estimate of drug-likeness (QED) is 0.878. The second-order valence-corrected chi connectivity index (χ2v) is 3.48. The highest BCUT2D eigenvalue weighted by Crippen LogP contribution is 2.28. The summed E-state index contributed by atoms with van der Waals surface area (Å²) in [4.78, 5) is 13.8. The minimum atomic E-state index is -4.56. The molecule has 2 heterocycles. The molecule has 17 heavy (non-hydrogen) atoms. The maximum atomic E-state index is 12.5. The standard InChI is InChI=1S/C10H7F3N2O2/c11-10(12,13)9-14-4-7-2-1-6(3-8(16)17)5-15(7)9/h1-2,4-5H,3H2,(H,16,17). The number of hydrogen-bond donors (Lipinski definition) is 1. The summed E-state index contributed by atoms with van der Waals surface area (Å²) in [5.41, 5.74) is 0.556. The summed E-state index contributed by atoms with van der Waals surface area (Å²) >= 11 is 0. The highest BCUT2D eigenvalue weighted by Gasteiger charge is 2.35. The van der Waals surface area contributed by atoms with Crippen LogP contribution in [0.2, 0.25) is 0 Å². The van der Waals surface area contributed by atoms with Crippen LogP contribution >= 0.6 is 0 Å². The number of nitrogens with zero attached hydrogens (tertiary/aromatic N) is 2. The number of hydrogen-bond acceptors (Lipinski definition) is 2. The van der Waals surface area contributed by atoms with E-state index in [4.69, 9.17) is 5.11 Å². The molecule has 0 atom stereocenters. The molecule has 2 aromatic heterocycles. The number of imidazole rings is 1. The van der Waals surface area contributed by atoms with Crippen molar-refractivity contribution in [2.45, 2.75) is 12.6 Å². The van der Waals surface area contributed by atoms with Crippen LogP contribution in [0, 0.1) is 0 Å². The molecule has 0 unspecified atom stereocenters. The molecule has 0 radical (unpaired) electrons. The number of carboxylic acids is 1. The molecule has 0 fully saturated rings. The predicted octanol–water partition coefficient (Wildman–Crippen LogP) is 1.98. The molecule has 0 aliphatic carbocycles. The molecule has 90 valence electrons. The van der Waals surface area contributed by atoms with Gasteiger partial charge in [-0.15, -0.1) is 0 Å². The van der Waals surface area contributed by atoms with Crippen LogP contribution in [0.15, 0.2) is 24.5 Å². The molecule has 0 aliphatic heterocycles. The van der Waals surface area contributed by atoms with Crippen molar-refractivity contribution in [3.63, 3.8) is 0 Å². The van der Waals surface area contributed by atoms with Crippen molar-refractivity contribution < 1.29 is 23.1 Å². The normalized spacial score (nSPS) is 11.9. The third-order valence-corrected chi connectivity index (χ3v) is 2.20. The first kappa shape index (κ1) is 11.4. The second kappa shape index (κ2) is 3.76. The third-order valence-electron chi connectivity index (χ3n) is 2.20. The van der Waals surface area contributed by atoms with Gasteiger partial charge >= 0.3 is 12.1 Å². The maximum Gasteiger partial charge on any atom is 0.450 e. The molecule has 0 amide bonds. The summed E-state index contributed by atoms with van der Waals surface area (Å²) in [6.45, 7) is 0. The Morgan fingerprint density at radius 3 is 2.71 bits per heavy atom. The molecule has 0 spiro atoms. The van der Waals surface area contributed by atoms with E-state index in [1.807, 2.05) is 0 Å². The summed E-state index contributed by atoms with van der Waals surface area (Å²) in [5, 5.41) is 8.57. The van der Waals surface area contributed by atoms with Gasteiger partial charge in [-0.25, -0.2) is 4.98 Å². The molecule has 0 aromatic carbocycles. The Morgan fingerprint density at radius 2 is 2.12 bits per heavy atom. The van der Waals surface area contributed by atoms with E-state index in [0.29, 0.717) is 0 Å². The van der Waals surface area contributed by atoms with Gasteiger partial charge < -0.3 is 5.11 Å². The first-order chi connectivity index (χ1) is 7.88. The van der Waals surface area contributed by atoms with Crippen LogP contribution < -0.4 is 0 Å². The van der Waals surface area contributed by atoms with Crippen molar-refractivity contribution in [2.75, 3.05) is 0 Å². The van der Waals surface area contributed by atoms with Gasteiger partial charge in [-0.05, 0) is 11.6 Å². The minimum Gasteiger partial charge on any atom is -0.481 e. The van der Waals surface area contributed by atoms with E-state index in [9.17, 15) is 18.0 Å². The average molecular weight is 244 g/mol. The first-order valence-electron chi connectivity index (χ1n) is 4.63. The molecular formula is C10H7F3N2O2. The number of fused-ring (bicyclic) bond motifs is 1. The first-order valence-corrected chi connectivity index (χ1v) is 4.63. The number of aromatic nitrogens is 2. The van der Waals surface area contributed by atoms with Crippen LogP contribution in [0.5, 0.6) is 0 Å². The summed E-state index contributed by atoms with van der Waals surface area (Å²) in [5.74, 6) is -2.15. The number of aliphatic carboxylic acids is 1. The van der Waals surface area contributed by atoms with E-state index in [2.05, 4.69) is 4.98 Å². The Bertz CT molecular complexity index is 574. The molecule has 7 heteroatoms. The molecule has 1 N–H and O–H groups in total. The van der Waals surface area contributed by atoms with Gasteiger partial charge in [0, 0.05) is 6.20 Å². The zero-order valence-electron chi connectivity index (χ0n) is 8.40. The lowest BCUT2D eigenvalue weighted by molar-refractivity contribution is -0.145. The van der Waals surface area contributed by atoms with Gasteiger partial charge in [0.1, 0.15) is 0 Å². The fraction of sp³-hybridized carbons (Fsp3) is 0.200. The Kier molecular flexibility index (Phi) is 2.53. The molecule has 2 aromatic rings. The van der Waals surface area contributed by atoms with Crippen molar-refractivity contribution in [3.05, 3.63) is 35.9 Å². The molecule has 0 saturated heterocycles. The summed E-state index contributed by atoms with van der Waals surface area (Å²) in [6.07, 6.45) is -2.66. The average Bonchev–Trinajstić information content (AvgIpc) is 2.58. The fourth-order valence-electron chi connectivity index (χ4n) is 1.52. The van der Waals surface area contributed by atoms with Gasteiger partial charge in [0.15, 0.2) is 0 Å². The second-order valence-electron chi connectivity index (χ2n) is 3.48. The summed E-state index contributed by atoms with van der Waals surface area (Å²) in [7, 11) is 0. The number of pyridine rings is 1. The fourth-order valence-corrected chi connectivity index (χ4v) is 1.52. The van der Waals surface area contributed by atoms with Crippen molar-refractivity contribution in [1.29, 1.82) is 0 Å². The number of carbonyl (C=O) groups is 1. The smallest absolute Gasteiger partial charge is 0.450 e. The minimum absolute atomic E-state index is 0.270. The van der Waals surface area contributed by atoms with Crippen molar-refractivity contribution in [3.8, 4) is 0 Å². The van der Waals surface area contributed by atoms with Crippen LogP contribution in [0.1, 0.15) is 11.4 Å². The Morgan fingerprint density at radius 1 is 1.41 bits per heavy atom. The highest BCUT2D eigenvalue weighted by molar-refractivity contribution is 5.70. The molecule has 2 rings (SSSR count). The lowest BCUT2D eigenvalue weighted by atomic mass is 10.2. The number of rotatable bonds is 2. The van der Waals surface area contributed by atoms with Gasteiger partial charge in [0.05, 0.1) is 18.1 Å². The third kappa shape index (κ3) is 2.22. The maximum absolute atomic E-state index is 12.5. The van der Waals surface area contributed by atoms with Gasteiger partial charge in [-0.2, -0.15) is 13.2 Å². The molecule has 0 saturated carbocycles. The van der Waals surface area contributed by atoms with Gasteiger partial charge in [-0.1, -0.05) is 6.07 Å². The zero-order chi connectivity index (χ0) is 12.6. The van der Waals surface area contributed by atoms with Crippen molar-refractivity contribution in [2.24, 2.45) is 0 Å². The molecular weight excluding hydrogens is 237 g/mol. The van der Waals surface area contributed by atoms with E-state index in [1.165, 1.54) is 12.1 Å². The van der Waals surface area contributed by atoms with E-state index in [1.54, 1.807) is 0 Å². The van der Waals surface area contributed by atoms with Gasteiger partial charge in [0.25, 0.3) is 0 Å². The number of halogens is 3. The van der Waals surface area contributed by atoms with Crippen LogP contribution in [-0.2, 0) is 17.4 Å². The van der Waals surface area contributed by atoms with E-state index >= 15 is 0 Å². The predicted molar refractivity (Wildman–Crippen MR) is 51.5 cm³/mol. The Balaban J connectivity index is 2.54.